The molecular formula is C12H15F3N2OS. The van der Waals surface area contributed by atoms with Crippen molar-refractivity contribution in [3.63, 3.8) is 0 Å². The van der Waals surface area contributed by atoms with Crippen LogP contribution in [0.4, 0.5) is 13.2 Å². The lowest BCUT2D eigenvalue weighted by molar-refractivity contribution is -0.274. The maximum atomic E-state index is 12.0. The summed E-state index contributed by atoms with van der Waals surface area (Å²) >= 11 is 4.77. The molecular weight excluding hydrogens is 277 g/mol. The smallest absolute Gasteiger partial charge is 0.406 e. The third-order valence-electron chi connectivity index (χ3n) is 2.35. The summed E-state index contributed by atoms with van der Waals surface area (Å²) in [4.78, 5) is 2.43. The van der Waals surface area contributed by atoms with Gasteiger partial charge in [-0.15, -0.1) is 13.2 Å². The average molecular weight is 292 g/mol. The Kier molecular flexibility index (Phi) is 5.56. The molecule has 0 aromatic heterocycles. The van der Waals surface area contributed by atoms with Crippen molar-refractivity contribution >= 4 is 17.2 Å². The van der Waals surface area contributed by atoms with E-state index in [4.69, 9.17) is 18.0 Å². The molecule has 0 aliphatic heterocycles. The molecule has 0 aliphatic carbocycles. The zero-order valence-corrected chi connectivity index (χ0v) is 11.2. The molecule has 7 heteroatoms. The summed E-state index contributed by atoms with van der Waals surface area (Å²) in [5.41, 5.74) is 6.28. The molecule has 2 N–H and O–H groups in total. The highest BCUT2D eigenvalue weighted by Gasteiger charge is 2.30. The number of nitrogens with zero attached hydrogens (tertiary/aromatic N) is 1. The van der Waals surface area contributed by atoms with Gasteiger partial charge in [-0.05, 0) is 24.7 Å². The lowest BCUT2D eigenvalue weighted by atomic mass is 10.2. The molecule has 0 radical (unpaired) electrons. The Labute approximate surface area is 115 Å². The van der Waals surface area contributed by atoms with Gasteiger partial charge >= 0.3 is 6.36 Å². The molecule has 0 unspecified atom stereocenters. The first kappa shape index (κ1) is 15.7. The van der Waals surface area contributed by atoms with Gasteiger partial charge < -0.3 is 15.4 Å². The fourth-order valence-corrected chi connectivity index (χ4v) is 1.58. The highest BCUT2D eigenvalue weighted by molar-refractivity contribution is 7.80. The number of alkyl halides is 3. The second kappa shape index (κ2) is 6.72. The molecule has 0 aliphatic rings. The minimum absolute atomic E-state index is 0.220. The summed E-state index contributed by atoms with van der Waals surface area (Å²) in [7, 11) is 1.89. The number of hydrogen-bond donors (Lipinski definition) is 1. The first-order valence-corrected chi connectivity index (χ1v) is 5.98. The van der Waals surface area contributed by atoms with Crippen LogP contribution in [0.3, 0.4) is 0 Å². The molecule has 3 nitrogen and oxygen atoms in total. The molecule has 0 saturated heterocycles. The number of halogens is 3. The lowest BCUT2D eigenvalue weighted by Crippen LogP contribution is -2.23. The van der Waals surface area contributed by atoms with Crippen LogP contribution in [0.25, 0.3) is 0 Å². The minimum atomic E-state index is -4.66. The van der Waals surface area contributed by atoms with Crippen molar-refractivity contribution in [1.29, 1.82) is 0 Å². The van der Waals surface area contributed by atoms with Gasteiger partial charge in [0.2, 0.25) is 0 Å². The van der Waals surface area contributed by atoms with E-state index < -0.39 is 6.36 Å². The van der Waals surface area contributed by atoms with E-state index in [9.17, 15) is 13.2 Å². The van der Waals surface area contributed by atoms with E-state index in [1.807, 2.05) is 11.9 Å². The molecule has 0 saturated carbocycles. The maximum absolute atomic E-state index is 12.0. The lowest BCUT2D eigenvalue weighted by Gasteiger charge is -2.16. The summed E-state index contributed by atoms with van der Waals surface area (Å²) in [6.45, 7) is 1.31. The van der Waals surface area contributed by atoms with Crippen molar-refractivity contribution in [2.75, 3.05) is 13.6 Å². The zero-order chi connectivity index (χ0) is 14.5. The van der Waals surface area contributed by atoms with Crippen LogP contribution in [0.5, 0.6) is 5.75 Å². The summed E-state index contributed by atoms with van der Waals surface area (Å²) in [6.07, 6.45) is -4.05. The Balaban J connectivity index is 2.50. The summed E-state index contributed by atoms with van der Waals surface area (Å²) in [5, 5.41) is 0. The highest BCUT2D eigenvalue weighted by atomic mass is 32.1. The number of rotatable bonds is 6. The fraction of sp³-hybridized carbons (Fsp3) is 0.417. The Morgan fingerprint density at radius 2 is 1.89 bits per heavy atom. The summed E-state index contributed by atoms with van der Waals surface area (Å²) in [5.74, 6) is -0.220. The zero-order valence-electron chi connectivity index (χ0n) is 10.4. The van der Waals surface area contributed by atoms with Crippen molar-refractivity contribution in [1.82, 2.24) is 4.90 Å². The van der Waals surface area contributed by atoms with Crippen molar-refractivity contribution in [2.24, 2.45) is 5.73 Å². The molecule has 106 valence electrons. The van der Waals surface area contributed by atoms with Crippen LogP contribution in [-0.2, 0) is 6.54 Å². The molecule has 0 atom stereocenters. The van der Waals surface area contributed by atoms with E-state index in [0.717, 1.165) is 5.56 Å². The molecule has 0 amide bonds. The maximum Gasteiger partial charge on any atom is 0.573 e. The van der Waals surface area contributed by atoms with Gasteiger partial charge in [-0.1, -0.05) is 24.4 Å². The Hall–Kier alpha value is -1.34. The predicted octanol–water partition coefficient (Wildman–Crippen LogP) is 2.69. The fourth-order valence-electron chi connectivity index (χ4n) is 1.49. The minimum Gasteiger partial charge on any atom is -0.406 e. The molecule has 0 spiro atoms. The van der Waals surface area contributed by atoms with Crippen LogP contribution >= 0.6 is 12.2 Å². The first-order valence-electron chi connectivity index (χ1n) is 5.58. The van der Waals surface area contributed by atoms with E-state index in [0.29, 0.717) is 24.5 Å². The van der Waals surface area contributed by atoms with E-state index in [2.05, 4.69) is 4.74 Å². The monoisotopic (exact) mass is 292 g/mol. The second-order valence-corrected chi connectivity index (χ2v) is 4.67. The molecule has 0 bridgehead atoms. The van der Waals surface area contributed by atoms with E-state index in [1.165, 1.54) is 12.1 Å². The van der Waals surface area contributed by atoms with Crippen molar-refractivity contribution < 1.29 is 17.9 Å². The number of nitrogens with two attached hydrogens (primary N) is 1. The van der Waals surface area contributed by atoms with Gasteiger partial charge in [-0.2, -0.15) is 0 Å². The standard InChI is InChI=1S/C12H15F3N2OS/c1-17(7-6-11(16)19)8-9-2-4-10(5-3-9)18-12(13,14)15/h2-5H,6-8H2,1H3,(H2,16,19). The summed E-state index contributed by atoms with van der Waals surface area (Å²) in [6, 6.07) is 5.78. The van der Waals surface area contributed by atoms with Gasteiger partial charge in [-0.3, -0.25) is 0 Å². The van der Waals surface area contributed by atoms with Gasteiger partial charge in [0.25, 0.3) is 0 Å². The molecule has 1 aromatic rings. The third kappa shape index (κ3) is 6.97. The Morgan fingerprint density at radius 1 is 1.32 bits per heavy atom. The van der Waals surface area contributed by atoms with E-state index in [1.54, 1.807) is 12.1 Å². The van der Waals surface area contributed by atoms with Gasteiger partial charge in [-0.25, -0.2) is 0 Å². The molecule has 0 fully saturated rings. The molecule has 19 heavy (non-hydrogen) atoms. The van der Waals surface area contributed by atoms with Crippen LogP contribution in [0.1, 0.15) is 12.0 Å². The molecule has 1 rings (SSSR count). The van der Waals surface area contributed by atoms with Crippen molar-refractivity contribution in [2.45, 2.75) is 19.3 Å². The Morgan fingerprint density at radius 3 is 2.37 bits per heavy atom. The quantitative estimate of drug-likeness (QED) is 0.818. The normalized spacial score (nSPS) is 11.6. The van der Waals surface area contributed by atoms with Crippen LogP contribution in [0.15, 0.2) is 24.3 Å². The number of benzene rings is 1. The van der Waals surface area contributed by atoms with Crippen LogP contribution in [0, 0.1) is 0 Å². The third-order valence-corrected chi connectivity index (χ3v) is 2.55. The van der Waals surface area contributed by atoms with Crippen LogP contribution in [0.2, 0.25) is 0 Å². The SMILES string of the molecule is CN(CCC(N)=S)Cc1ccc(OC(F)(F)F)cc1. The summed E-state index contributed by atoms with van der Waals surface area (Å²) < 4.78 is 39.7. The van der Waals surface area contributed by atoms with E-state index in [-0.39, 0.29) is 5.75 Å². The molecule has 0 heterocycles. The number of hydrogen-bond acceptors (Lipinski definition) is 3. The van der Waals surface area contributed by atoms with Crippen LogP contribution in [-0.4, -0.2) is 29.8 Å². The van der Waals surface area contributed by atoms with Gasteiger partial charge in [0.1, 0.15) is 5.75 Å². The van der Waals surface area contributed by atoms with Crippen molar-refractivity contribution in [3.05, 3.63) is 29.8 Å². The number of ether oxygens (including phenoxy) is 1. The van der Waals surface area contributed by atoms with Crippen LogP contribution < -0.4 is 10.5 Å². The Bertz CT molecular complexity index is 420. The topological polar surface area (TPSA) is 38.5 Å². The highest BCUT2D eigenvalue weighted by Crippen LogP contribution is 2.22. The van der Waals surface area contributed by atoms with Crippen molar-refractivity contribution in [3.8, 4) is 5.75 Å². The largest absolute Gasteiger partial charge is 0.573 e. The van der Waals surface area contributed by atoms with Gasteiger partial charge in [0.15, 0.2) is 0 Å². The first-order chi connectivity index (χ1) is 8.76. The van der Waals surface area contributed by atoms with Gasteiger partial charge in [0.05, 0.1) is 4.99 Å². The van der Waals surface area contributed by atoms with Gasteiger partial charge in [0, 0.05) is 19.5 Å². The second-order valence-electron chi connectivity index (χ2n) is 4.15. The number of thiocarbonyl (C=S) groups is 1. The van der Waals surface area contributed by atoms with E-state index >= 15 is 0 Å². The molecule has 1 aromatic carbocycles. The predicted molar refractivity (Wildman–Crippen MR) is 70.9 cm³/mol. The average Bonchev–Trinajstić information content (AvgIpc) is 2.27.